The Bertz CT molecular complexity index is 464. The Hall–Kier alpha value is -0.660. The van der Waals surface area contributed by atoms with Gasteiger partial charge >= 0.3 is 0 Å². The molecule has 0 aromatic carbocycles. The first kappa shape index (κ1) is 16.7. The number of piperidine rings is 1. The van der Waals surface area contributed by atoms with E-state index < -0.39 is 10.0 Å². The molecule has 0 aromatic rings. The first-order valence-electron chi connectivity index (χ1n) is 7.87. The maximum atomic E-state index is 12.7. The van der Waals surface area contributed by atoms with Gasteiger partial charge in [0.25, 0.3) is 0 Å². The predicted octanol–water partition coefficient (Wildman–Crippen LogP) is 0.260. The Kier molecular flexibility index (Phi) is 5.27. The molecule has 1 unspecified atom stereocenters. The molecule has 0 saturated carbocycles. The zero-order valence-electron chi connectivity index (χ0n) is 13.1. The minimum Gasteiger partial charge on any atom is -0.340 e. The molecule has 0 radical (unpaired) electrons. The monoisotopic (exact) mass is 317 g/mol. The standard InChI is InChI=1S/C14H27N3O3S/c1-3-11-21(19,20)17-9-7-16(8-10-17)13(18)14(2)5-4-6-15-12-14/h15H,3-12H2,1-2H3. The lowest BCUT2D eigenvalue weighted by atomic mass is 9.81. The molecule has 1 amide bonds. The fourth-order valence-electron chi connectivity index (χ4n) is 3.18. The summed E-state index contributed by atoms with van der Waals surface area (Å²) in [5.41, 5.74) is -0.331. The van der Waals surface area contributed by atoms with Crippen LogP contribution < -0.4 is 5.32 Å². The highest BCUT2D eigenvalue weighted by molar-refractivity contribution is 7.89. The molecule has 2 fully saturated rings. The lowest BCUT2D eigenvalue weighted by Gasteiger charge is -2.41. The smallest absolute Gasteiger partial charge is 0.229 e. The van der Waals surface area contributed by atoms with Crippen LogP contribution >= 0.6 is 0 Å². The largest absolute Gasteiger partial charge is 0.340 e. The van der Waals surface area contributed by atoms with Gasteiger partial charge in [0.2, 0.25) is 15.9 Å². The van der Waals surface area contributed by atoms with Crippen LogP contribution in [0, 0.1) is 5.41 Å². The molecule has 6 nitrogen and oxygen atoms in total. The molecule has 0 aromatic heterocycles. The number of piperazine rings is 1. The van der Waals surface area contributed by atoms with E-state index in [4.69, 9.17) is 0 Å². The molecular formula is C14H27N3O3S. The predicted molar refractivity (Wildman–Crippen MR) is 82.4 cm³/mol. The lowest BCUT2D eigenvalue weighted by Crippen LogP contribution is -2.56. The van der Waals surface area contributed by atoms with E-state index in [1.165, 1.54) is 4.31 Å². The second kappa shape index (κ2) is 6.62. The Labute approximate surface area is 127 Å². The molecule has 2 aliphatic heterocycles. The Morgan fingerprint density at radius 1 is 1.24 bits per heavy atom. The molecule has 1 atom stereocenters. The van der Waals surface area contributed by atoms with Gasteiger partial charge in [-0.2, -0.15) is 4.31 Å². The molecular weight excluding hydrogens is 290 g/mol. The van der Waals surface area contributed by atoms with Gasteiger partial charge in [0.1, 0.15) is 0 Å². The third-order valence-electron chi connectivity index (χ3n) is 4.49. The zero-order valence-corrected chi connectivity index (χ0v) is 13.9. The quantitative estimate of drug-likeness (QED) is 0.807. The number of rotatable bonds is 4. The van der Waals surface area contributed by atoms with Crippen molar-refractivity contribution < 1.29 is 13.2 Å². The number of carbonyl (C=O) groups is 1. The summed E-state index contributed by atoms with van der Waals surface area (Å²) >= 11 is 0. The van der Waals surface area contributed by atoms with Crippen LogP contribution in [0.5, 0.6) is 0 Å². The van der Waals surface area contributed by atoms with Crippen LogP contribution in [0.2, 0.25) is 0 Å². The minimum atomic E-state index is -3.14. The van der Waals surface area contributed by atoms with Crippen LogP contribution in [0.3, 0.4) is 0 Å². The van der Waals surface area contributed by atoms with Crippen LogP contribution in [0.25, 0.3) is 0 Å². The Morgan fingerprint density at radius 2 is 1.90 bits per heavy atom. The summed E-state index contributed by atoms with van der Waals surface area (Å²) in [5, 5.41) is 3.29. The number of sulfonamides is 1. The van der Waals surface area contributed by atoms with Crippen LogP contribution in [-0.4, -0.2) is 68.6 Å². The van der Waals surface area contributed by atoms with Crippen LogP contribution in [-0.2, 0) is 14.8 Å². The van der Waals surface area contributed by atoms with Gasteiger partial charge in [0.05, 0.1) is 11.2 Å². The van der Waals surface area contributed by atoms with Crippen LogP contribution in [0.15, 0.2) is 0 Å². The lowest BCUT2D eigenvalue weighted by molar-refractivity contribution is -0.143. The van der Waals surface area contributed by atoms with Crippen molar-refractivity contribution in [3.63, 3.8) is 0 Å². The minimum absolute atomic E-state index is 0.169. The van der Waals surface area contributed by atoms with Gasteiger partial charge in [-0.05, 0) is 32.7 Å². The van der Waals surface area contributed by atoms with Gasteiger partial charge in [-0.1, -0.05) is 6.92 Å². The second-order valence-corrected chi connectivity index (χ2v) is 8.44. The van der Waals surface area contributed by atoms with Crippen molar-refractivity contribution in [3.05, 3.63) is 0 Å². The van der Waals surface area contributed by atoms with Gasteiger partial charge in [0, 0.05) is 32.7 Å². The topological polar surface area (TPSA) is 69.7 Å². The molecule has 2 heterocycles. The third-order valence-corrected chi connectivity index (χ3v) is 6.57. The highest BCUT2D eigenvalue weighted by Gasteiger charge is 2.39. The molecule has 2 saturated heterocycles. The van der Waals surface area contributed by atoms with Crippen molar-refractivity contribution >= 4 is 15.9 Å². The van der Waals surface area contributed by atoms with E-state index in [1.54, 1.807) is 0 Å². The van der Waals surface area contributed by atoms with Gasteiger partial charge in [-0.15, -0.1) is 0 Å². The average Bonchev–Trinajstić information content (AvgIpc) is 2.47. The fraction of sp³-hybridized carbons (Fsp3) is 0.929. The van der Waals surface area contributed by atoms with Crippen molar-refractivity contribution in [2.75, 3.05) is 45.0 Å². The van der Waals surface area contributed by atoms with Gasteiger partial charge in [-0.3, -0.25) is 4.79 Å². The van der Waals surface area contributed by atoms with Gasteiger partial charge in [-0.25, -0.2) is 8.42 Å². The maximum Gasteiger partial charge on any atom is 0.229 e. The van der Waals surface area contributed by atoms with Gasteiger partial charge < -0.3 is 10.2 Å². The van der Waals surface area contributed by atoms with Crippen molar-refractivity contribution in [2.45, 2.75) is 33.1 Å². The second-order valence-electron chi connectivity index (χ2n) is 6.35. The van der Waals surface area contributed by atoms with E-state index in [0.29, 0.717) is 32.6 Å². The highest BCUT2D eigenvalue weighted by Crippen LogP contribution is 2.28. The summed E-state index contributed by atoms with van der Waals surface area (Å²) < 4.78 is 25.6. The summed E-state index contributed by atoms with van der Waals surface area (Å²) in [6.45, 7) is 7.46. The number of amides is 1. The Balaban J connectivity index is 1.93. The molecule has 1 N–H and O–H groups in total. The van der Waals surface area contributed by atoms with E-state index in [9.17, 15) is 13.2 Å². The molecule has 21 heavy (non-hydrogen) atoms. The Morgan fingerprint density at radius 3 is 2.43 bits per heavy atom. The van der Waals surface area contributed by atoms with E-state index in [0.717, 1.165) is 25.9 Å². The third kappa shape index (κ3) is 3.76. The van der Waals surface area contributed by atoms with E-state index in [1.807, 2.05) is 18.7 Å². The van der Waals surface area contributed by atoms with Crippen molar-refractivity contribution in [1.82, 2.24) is 14.5 Å². The first-order valence-corrected chi connectivity index (χ1v) is 9.48. The normalized spacial score (nSPS) is 28.6. The fourth-order valence-corrected chi connectivity index (χ4v) is 4.67. The number of nitrogens with zero attached hydrogens (tertiary/aromatic N) is 2. The highest BCUT2D eigenvalue weighted by atomic mass is 32.2. The summed E-state index contributed by atoms with van der Waals surface area (Å²) in [7, 11) is -3.14. The molecule has 0 bridgehead atoms. The van der Waals surface area contributed by atoms with Crippen LogP contribution in [0.1, 0.15) is 33.1 Å². The molecule has 2 aliphatic rings. The number of hydrogen-bond acceptors (Lipinski definition) is 4. The van der Waals surface area contributed by atoms with Crippen molar-refractivity contribution in [3.8, 4) is 0 Å². The van der Waals surface area contributed by atoms with Crippen molar-refractivity contribution in [2.24, 2.45) is 5.41 Å². The molecule has 0 aliphatic carbocycles. The van der Waals surface area contributed by atoms with Gasteiger partial charge in [0.15, 0.2) is 0 Å². The summed E-state index contributed by atoms with van der Waals surface area (Å²) in [6.07, 6.45) is 2.56. The summed E-state index contributed by atoms with van der Waals surface area (Å²) in [5.74, 6) is 0.366. The summed E-state index contributed by atoms with van der Waals surface area (Å²) in [4.78, 5) is 14.5. The maximum absolute atomic E-state index is 12.7. The zero-order chi connectivity index (χ0) is 15.5. The number of nitrogens with one attached hydrogen (secondary N) is 1. The van der Waals surface area contributed by atoms with Crippen LogP contribution in [0.4, 0.5) is 0 Å². The first-order chi connectivity index (χ1) is 9.89. The van der Waals surface area contributed by atoms with E-state index in [2.05, 4.69) is 5.32 Å². The SMILES string of the molecule is CCCS(=O)(=O)N1CCN(C(=O)C2(C)CCCNC2)CC1. The molecule has 122 valence electrons. The number of hydrogen-bond donors (Lipinski definition) is 1. The van der Waals surface area contributed by atoms with E-state index >= 15 is 0 Å². The average molecular weight is 317 g/mol. The molecule has 0 spiro atoms. The molecule has 7 heteroatoms. The summed E-state index contributed by atoms with van der Waals surface area (Å²) in [6, 6.07) is 0. The van der Waals surface area contributed by atoms with E-state index in [-0.39, 0.29) is 17.1 Å². The van der Waals surface area contributed by atoms with Crippen molar-refractivity contribution in [1.29, 1.82) is 0 Å². The number of carbonyl (C=O) groups excluding carboxylic acids is 1. The molecule has 2 rings (SSSR count).